The standard InChI is InChI=1S/C16H16FNO4/c1-9-10(2)22-11(3)15(9)16(20)21-8-14(19)18-13-6-4-5-12(17)7-13/h4-7H,8H2,1-3H3,(H,18,19). The van der Waals surface area contributed by atoms with Crippen LogP contribution < -0.4 is 5.32 Å². The van der Waals surface area contributed by atoms with Gasteiger partial charge in [0.25, 0.3) is 5.91 Å². The van der Waals surface area contributed by atoms with Gasteiger partial charge in [0.1, 0.15) is 22.9 Å². The second-order valence-corrected chi connectivity index (χ2v) is 4.85. The van der Waals surface area contributed by atoms with Gasteiger partial charge in [0.05, 0.1) is 0 Å². The number of benzene rings is 1. The summed E-state index contributed by atoms with van der Waals surface area (Å²) >= 11 is 0. The first kappa shape index (κ1) is 15.8. The maximum absolute atomic E-state index is 13.0. The third kappa shape index (κ3) is 3.52. The number of aryl methyl sites for hydroxylation is 2. The maximum Gasteiger partial charge on any atom is 0.342 e. The zero-order valence-electron chi connectivity index (χ0n) is 12.5. The van der Waals surface area contributed by atoms with Crippen molar-refractivity contribution >= 4 is 17.6 Å². The molecule has 2 aromatic rings. The van der Waals surface area contributed by atoms with Gasteiger partial charge in [0.15, 0.2) is 6.61 Å². The zero-order valence-corrected chi connectivity index (χ0v) is 12.5. The van der Waals surface area contributed by atoms with E-state index in [-0.39, 0.29) is 0 Å². The van der Waals surface area contributed by atoms with Crippen molar-refractivity contribution < 1.29 is 23.1 Å². The molecule has 2 rings (SSSR count). The fourth-order valence-corrected chi connectivity index (χ4v) is 2.06. The summed E-state index contributed by atoms with van der Waals surface area (Å²) in [6, 6.07) is 5.45. The number of hydrogen-bond donors (Lipinski definition) is 1. The van der Waals surface area contributed by atoms with Crippen LogP contribution in [0.5, 0.6) is 0 Å². The number of rotatable bonds is 4. The highest BCUT2D eigenvalue weighted by Crippen LogP contribution is 2.21. The van der Waals surface area contributed by atoms with Crippen LogP contribution >= 0.6 is 0 Å². The van der Waals surface area contributed by atoms with E-state index >= 15 is 0 Å². The Balaban J connectivity index is 1.95. The summed E-state index contributed by atoms with van der Waals surface area (Å²) in [5.74, 6) is -0.551. The predicted molar refractivity (Wildman–Crippen MR) is 78.2 cm³/mol. The Morgan fingerprint density at radius 2 is 1.95 bits per heavy atom. The Hall–Kier alpha value is -2.63. The maximum atomic E-state index is 13.0. The van der Waals surface area contributed by atoms with Gasteiger partial charge in [-0.25, -0.2) is 9.18 Å². The average Bonchev–Trinajstić information content (AvgIpc) is 2.70. The average molecular weight is 305 g/mol. The molecule has 5 nitrogen and oxygen atoms in total. The topological polar surface area (TPSA) is 68.5 Å². The number of furan rings is 1. The Labute approximate surface area is 127 Å². The summed E-state index contributed by atoms with van der Waals surface area (Å²) in [6.45, 7) is 4.69. The van der Waals surface area contributed by atoms with Crippen LogP contribution in [-0.4, -0.2) is 18.5 Å². The van der Waals surface area contributed by atoms with E-state index in [9.17, 15) is 14.0 Å². The molecule has 0 aliphatic carbocycles. The molecule has 0 atom stereocenters. The molecular weight excluding hydrogens is 289 g/mol. The molecule has 22 heavy (non-hydrogen) atoms. The molecule has 1 amide bonds. The lowest BCUT2D eigenvalue weighted by atomic mass is 10.1. The van der Waals surface area contributed by atoms with E-state index in [2.05, 4.69) is 5.32 Å². The summed E-state index contributed by atoms with van der Waals surface area (Å²) in [4.78, 5) is 23.7. The monoisotopic (exact) mass is 305 g/mol. The Kier molecular flexibility index (Phi) is 4.60. The Morgan fingerprint density at radius 3 is 2.55 bits per heavy atom. The van der Waals surface area contributed by atoms with Crippen molar-refractivity contribution in [1.29, 1.82) is 0 Å². The zero-order chi connectivity index (χ0) is 16.3. The molecule has 0 unspecified atom stereocenters. The van der Waals surface area contributed by atoms with Crippen molar-refractivity contribution in [3.8, 4) is 0 Å². The van der Waals surface area contributed by atoms with Crippen molar-refractivity contribution in [2.45, 2.75) is 20.8 Å². The molecule has 1 N–H and O–H groups in total. The third-order valence-corrected chi connectivity index (χ3v) is 3.21. The van der Waals surface area contributed by atoms with Gasteiger partial charge in [-0.3, -0.25) is 4.79 Å². The van der Waals surface area contributed by atoms with Gasteiger partial charge in [0.2, 0.25) is 0 Å². The Morgan fingerprint density at radius 1 is 1.23 bits per heavy atom. The molecule has 116 valence electrons. The molecule has 0 fully saturated rings. The molecule has 0 aliphatic heterocycles. The Bertz CT molecular complexity index is 721. The number of anilines is 1. The van der Waals surface area contributed by atoms with Crippen LogP contribution in [0.25, 0.3) is 0 Å². The third-order valence-electron chi connectivity index (χ3n) is 3.21. The summed E-state index contributed by atoms with van der Waals surface area (Å²) in [5, 5.41) is 2.44. The van der Waals surface area contributed by atoms with Crippen LogP contribution in [0.2, 0.25) is 0 Å². The van der Waals surface area contributed by atoms with Gasteiger partial charge >= 0.3 is 5.97 Å². The van der Waals surface area contributed by atoms with E-state index in [1.54, 1.807) is 20.8 Å². The molecule has 1 aromatic heterocycles. The number of hydrogen-bond acceptors (Lipinski definition) is 4. The molecule has 0 saturated heterocycles. The highest BCUT2D eigenvalue weighted by atomic mass is 19.1. The lowest BCUT2D eigenvalue weighted by Crippen LogP contribution is -2.21. The van der Waals surface area contributed by atoms with Crippen LogP contribution in [0.3, 0.4) is 0 Å². The molecule has 1 heterocycles. The number of halogens is 1. The van der Waals surface area contributed by atoms with E-state index in [4.69, 9.17) is 9.15 Å². The molecule has 6 heteroatoms. The van der Waals surface area contributed by atoms with Crippen LogP contribution in [-0.2, 0) is 9.53 Å². The van der Waals surface area contributed by atoms with E-state index in [1.165, 1.54) is 24.3 Å². The first-order valence-corrected chi connectivity index (χ1v) is 6.67. The van der Waals surface area contributed by atoms with Gasteiger partial charge < -0.3 is 14.5 Å². The highest BCUT2D eigenvalue weighted by molar-refractivity contribution is 5.96. The van der Waals surface area contributed by atoms with Gasteiger partial charge in [-0.05, 0) is 39.0 Å². The summed E-state index contributed by atoms with van der Waals surface area (Å²) < 4.78 is 23.3. The number of nitrogens with one attached hydrogen (secondary N) is 1. The second kappa shape index (κ2) is 6.43. The van der Waals surface area contributed by atoms with Crippen molar-refractivity contribution in [3.05, 3.63) is 52.7 Å². The normalized spacial score (nSPS) is 10.4. The van der Waals surface area contributed by atoms with Gasteiger partial charge in [0, 0.05) is 11.3 Å². The number of carbonyl (C=O) groups excluding carboxylic acids is 2. The van der Waals surface area contributed by atoms with Crippen molar-refractivity contribution in [3.63, 3.8) is 0 Å². The summed E-state index contributed by atoms with van der Waals surface area (Å²) in [6.07, 6.45) is 0. The minimum atomic E-state index is -0.624. The summed E-state index contributed by atoms with van der Waals surface area (Å²) in [7, 11) is 0. The lowest BCUT2D eigenvalue weighted by molar-refractivity contribution is -0.119. The molecule has 0 radical (unpaired) electrons. The van der Waals surface area contributed by atoms with Crippen molar-refractivity contribution in [2.24, 2.45) is 0 Å². The molecule has 0 bridgehead atoms. The first-order chi connectivity index (χ1) is 10.4. The second-order valence-electron chi connectivity index (χ2n) is 4.85. The van der Waals surface area contributed by atoms with Crippen molar-refractivity contribution in [2.75, 3.05) is 11.9 Å². The molecule has 0 spiro atoms. The number of esters is 1. The highest BCUT2D eigenvalue weighted by Gasteiger charge is 2.20. The SMILES string of the molecule is Cc1oc(C)c(C(=O)OCC(=O)Nc2cccc(F)c2)c1C. The van der Waals surface area contributed by atoms with Crippen LogP contribution in [0.4, 0.5) is 10.1 Å². The largest absolute Gasteiger partial charge is 0.465 e. The lowest BCUT2D eigenvalue weighted by Gasteiger charge is -2.07. The number of amides is 1. The van der Waals surface area contributed by atoms with E-state index in [1.807, 2.05) is 0 Å². The fourth-order valence-electron chi connectivity index (χ4n) is 2.06. The van der Waals surface area contributed by atoms with E-state index in [0.717, 1.165) is 0 Å². The number of carbonyl (C=O) groups is 2. The quantitative estimate of drug-likeness (QED) is 0.881. The molecule has 1 aromatic carbocycles. The minimum absolute atomic E-state index is 0.299. The van der Waals surface area contributed by atoms with Crippen molar-refractivity contribution in [1.82, 2.24) is 0 Å². The van der Waals surface area contributed by atoms with Crippen LogP contribution in [0.1, 0.15) is 27.4 Å². The minimum Gasteiger partial charge on any atom is -0.465 e. The molecule has 0 saturated carbocycles. The van der Waals surface area contributed by atoms with E-state index in [0.29, 0.717) is 28.3 Å². The predicted octanol–water partition coefficient (Wildman–Crippen LogP) is 3.14. The van der Waals surface area contributed by atoms with Gasteiger partial charge in [-0.2, -0.15) is 0 Å². The number of ether oxygens (including phenoxy) is 1. The van der Waals surface area contributed by atoms with Gasteiger partial charge in [-0.1, -0.05) is 6.07 Å². The van der Waals surface area contributed by atoms with Crippen LogP contribution in [0, 0.1) is 26.6 Å². The van der Waals surface area contributed by atoms with Crippen LogP contribution in [0.15, 0.2) is 28.7 Å². The first-order valence-electron chi connectivity index (χ1n) is 6.67. The van der Waals surface area contributed by atoms with Gasteiger partial charge in [-0.15, -0.1) is 0 Å². The fraction of sp³-hybridized carbons (Fsp3) is 0.250. The van der Waals surface area contributed by atoms with E-state index < -0.39 is 24.3 Å². The molecular formula is C16H16FNO4. The smallest absolute Gasteiger partial charge is 0.342 e. The molecule has 0 aliphatic rings. The summed E-state index contributed by atoms with van der Waals surface area (Å²) in [5.41, 5.74) is 1.32.